The van der Waals surface area contributed by atoms with Crippen LogP contribution < -0.4 is 10.9 Å². The van der Waals surface area contributed by atoms with Gasteiger partial charge in [0, 0.05) is 13.1 Å². The molecule has 1 amide bonds. The number of hydrogen-bond donors (Lipinski definition) is 1. The van der Waals surface area contributed by atoms with Gasteiger partial charge in [-0.05, 0) is 37.4 Å². The van der Waals surface area contributed by atoms with Crippen LogP contribution in [-0.2, 0) is 24.4 Å². The highest BCUT2D eigenvalue weighted by atomic mass is 16.2. The molecule has 26 heavy (non-hydrogen) atoms. The van der Waals surface area contributed by atoms with Crippen molar-refractivity contribution >= 4 is 16.8 Å². The van der Waals surface area contributed by atoms with Crippen molar-refractivity contribution in [1.29, 1.82) is 0 Å². The maximum atomic E-state index is 12.4. The first-order valence-corrected chi connectivity index (χ1v) is 8.35. The molecule has 0 saturated heterocycles. The molecular weight excluding hydrogens is 330 g/mol. The van der Waals surface area contributed by atoms with E-state index in [0.717, 1.165) is 22.4 Å². The molecule has 3 aromatic rings. The Balaban J connectivity index is 1.69. The molecule has 0 aliphatic rings. The molecule has 0 unspecified atom stereocenters. The Morgan fingerprint density at radius 3 is 2.54 bits per heavy atom. The first-order chi connectivity index (χ1) is 12.5. The Labute approximate surface area is 151 Å². The zero-order valence-electron chi connectivity index (χ0n) is 14.8. The van der Waals surface area contributed by atoms with Crippen LogP contribution in [0.5, 0.6) is 0 Å². The van der Waals surface area contributed by atoms with E-state index in [4.69, 9.17) is 0 Å². The molecule has 7 nitrogen and oxygen atoms in total. The first kappa shape index (κ1) is 17.8. The maximum Gasteiger partial charge on any atom is 0.278 e. The lowest BCUT2D eigenvalue weighted by atomic mass is 10.1. The molecule has 134 valence electrons. The van der Waals surface area contributed by atoms with Gasteiger partial charge < -0.3 is 10.2 Å². The van der Waals surface area contributed by atoms with Gasteiger partial charge in [0.1, 0.15) is 12.1 Å². The number of aromatic nitrogens is 3. The quantitative estimate of drug-likeness (QED) is 0.721. The molecule has 0 aliphatic heterocycles. The van der Waals surface area contributed by atoms with Crippen LogP contribution in [0.2, 0.25) is 0 Å². The summed E-state index contributed by atoms with van der Waals surface area (Å²) in [6, 6.07) is 14.9. The van der Waals surface area contributed by atoms with Crippen molar-refractivity contribution in [2.24, 2.45) is 0 Å². The van der Waals surface area contributed by atoms with Crippen molar-refractivity contribution < 1.29 is 4.79 Å². The average molecular weight is 351 g/mol. The van der Waals surface area contributed by atoms with Crippen molar-refractivity contribution in [2.75, 3.05) is 14.1 Å². The van der Waals surface area contributed by atoms with E-state index in [2.05, 4.69) is 20.5 Å². The van der Waals surface area contributed by atoms with Gasteiger partial charge in [0.25, 0.3) is 5.56 Å². The number of nitrogens with one attached hydrogen (secondary N) is 1. The number of rotatable bonds is 6. The highest BCUT2D eigenvalue weighted by Crippen LogP contribution is 2.10. The molecule has 1 heterocycles. The Hall–Kier alpha value is -3.06. The number of amides is 1. The molecule has 0 bridgehead atoms. The standard InChI is InChI=1S/C19H21N5O2/c1-23(2)12-15-8-4-3-7-14(15)11-20-18(25)13-24-19(26)16-9-5-6-10-17(16)21-22-24/h3-10H,11-13H2,1-2H3,(H,20,25). The van der Waals surface area contributed by atoms with Crippen molar-refractivity contribution in [2.45, 2.75) is 19.6 Å². The van der Waals surface area contributed by atoms with Crippen LogP contribution in [0, 0.1) is 0 Å². The summed E-state index contributed by atoms with van der Waals surface area (Å²) in [6.45, 7) is 1.03. The summed E-state index contributed by atoms with van der Waals surface area (Å²) in [4.78, 5) is 26.7. The average Bonchev–Trinajstić information content (AvgIpc) is 2.63. The molecule has 2 aromatic carbocycles. The molecule has 0 spiro atoms. The van der Waals surface area contributed by atoms with Gasteiger partial charge in [-0.1, -0.05) is 41.6 Å². The lowest BCUT2D eigenvalue weighted by Gasteiger charge is -2.14. The fourth-order valence-electron chi connectivity index (χ4n) is 2.74. The second kappa shape index (κ2) is 7.88. The molecule has 0 atom stereocenters. The second-order valence-electron chi connectivity index (χ2n) is 6.35. The molecule has 1 aromatic heterocycles. The minimum Gasteiger partial charge on any atom is -0.350 e. The fourth-order valence-corrected chi connectivity index (χ4v) is 2.74. The Morgan fingerprint density at radius 1 is 1.08 bits per heavy atom. The van der Waals surface area contributed by atoms with Crippen molar-refractivity contribution in [3.05, 3.63) is 70.0 Å². The summed E-state index contributed by atoms with van der Waals surface area (Å²) in [7, 11) is 4.00. The molecule has 0 radical (unpaired) electrons. The highest BCUT2D eigenvalue weighted by Gasteiger charge is 2.10. The molecule has 3 rings (SSSR count). The van der Waals surface area contributed by atoms with E-state index in [1.165, 1.54) is 0 Å². The summed E-state index contributed by atoms with van der Waals surface area (Å²) in [5, 5.41) is 11.1. The Bertz CT molecular complexity index is 981. The van der Waals surface area contributed by atoms with Crippen molar-refractivity contribution in [3.8, 4) is 0 Å². The Morgan fingerprint density at radius 2 is 1.77 bits per heavy atom. The number of benzene rings is 2. The third-order valence-electron chi connectivity index (χ3n) is 4.00. The van der Waals surface area contributed by atoms with Crippen LogP contribution in [0.4, 0.5) is 0 Å². The summed E-state index contributed by atoms with van der Waals surface area (Å²) in [5.41, 5.74) is 2.40. The zero-order valence-corrected chi connectivity index (χ0v) is 14.8. The summed E-state index contributed by atoms with van der Waals surface area (Å²) in [6.07, 6.45) is 0. The van der Waals surface area contributed by atoms with Crippen molar-refractivity contribution in [1.82, 2.24) is 25.2 Å². The van der Waals surface area contributed by atoms with Gasteiger partial charge in [-0.3, -0.25) is 9.59 Å². The van der Waals surface area contributed by atoms with Crippen LogP contribution >= 0.6 is 0 Å². The third-order valence-corrected chi connectivity index (χ3v) is 4.00. The van der Waals surface area contributed by atoms with E-state index in [-0.39, 0.29) is 18.0 Å². The number of carbonyl (C=O) groups is 1. The topological polar surface area (TPSA) is 80.1 Å². The van der Waals surface area contributed by atoms with Crippen molar-refractivity contribution in [3.63, 3.8) is 0 Å². The summed E-state index contributed by atoms with van der Waals surface area (Å²) >= 11 is 0. The van der Waals surface area contributed by atoms with E-state index < -0.39 is 0 Å². The van der Waals surface area contributed by atoms with Crippen LogP contribution in [0.3, 0.4) is 0 Å². The van der Waals surface area contributed by atoms with Gasteiger partial charge in [0.15, 0.2) is 0 Å². The normalized spacial score (nSPS) is 11.0. The van der Waals surface area contributed by atoms with Gasteiger partial charge in [-0.2, -0.15) is 0 Å². The predicted octanol–water partition coefficient (Wildman–Crippen LogP) is 1.17. The fraction of sp³-hybridized carbons (Fsp3) is 0.263. The maximum absolute atomic E-state index is 12.4. The minimum atomic E-state index is -0.321. The molecule has 1 N–H and O–H groups in total. The van der Waals surface area contributed by atoms with Gasteiger partial charge in [-0.25, -0.2) is 4.68 Å². The number of hydrogen-bond acceptors (Lipinski definition) is 5. The highest BCUT2D eigenvalue weighted by molar-refractivity contribution is 5.78. The van der Waals surface area contributed by atoms with E-state index in [0.29, 0.717) is 17.4 Å². The monoisotopic (exact) mass is 351 g/mol. The number of nitrogens with zero attached hydrogens (tertiary/aromatic N) is 4. The van der Waals surface area contributed by atoms with Gasteiger partial charge >= 0.3 is 0 Å². The van der Waals surface area contributed by atoms with E-state index >= 15 is 0 Å². The molecule has 7 heteroatoms. The predicted molar refractivity (Wildman–Crippen MR) is 99.5 cm³/mol. The summed E-state index contributed by atoms with van der Waals surface area (Å²) in [5.74, 6) is -0.281. The summed E-state index contributed by atoms with van der Waals surface area (Å²) < 4.78 is 1.09. The number of carbonyl (C=O) groups excluding carboxylic acids is 1. The first-order valence-electron chi connectivity index (χ1n) is 8.35. The van der Waals surface area contributed by atoms with E-state index in [9.17, 15) is 9.59 Å². The Kier molecular flexibility index (Phi) is 5.38. The van der Waals surface area contributed by atoms with Crippen LogP contribution in [0.25, 0.3) is 10.9 Å². The zero-order chi connectivity index (χ0) is 18.5. The van der Waals surface area contributed by atoms with Crippen LogP contribution in [-0.4, -0.2) is 39.9 Å². The smallest absolute Gasteiger partial charge is 0.278 e. The SMILES string of the molecule is CN(C)Cc1ccccc1CNC(=O)Cn1nnc2ccccc2c1=O. The molecule has 0 fully saturated rings. The largest absolute Gasteiger partial charge is 0.350 e. The van der Waals surface area contributed by atoms with Crippen LogP contribution in [0.15, 0.2) is 53.3 Å². The van der Waals surface area contributed by atoms with Gasteiger partial charge in [0.2, 0.25) is 5.91 Å². The molecule has 0 saturated carbocycles. The minimum absolute atomic E-state index is 0.160. The second-order valence-corrected chi connectivity index (χ2v) is 6.35. The molecule has 0 aliphatic carbocycles. The molecular formula is C19H21N5O2. The third kappa shape index (κ3) is 4.12. The van der Waals surface area contributed by atoms with Gasteiger partial charge in [-0.15, -0.1) is 5.10 Å². The van der Waals surface area contributed by atoms with E-state index in [1.807, 2.05) is 38.4 Å². The number of fused-ring (bicyclic) bond motifs is 1. The van der Waals surface area contributed by atoms with Gasteiger partial charge in [0.05, 0.1) is 5.39 Å². The lowest BCUT2D eigenvalue weighted by molar-refractivity contribution is -0.122. The van der Waals surface area contributed by atoms with E-state index in [1.54, 1.807) is 24.3 Å². The van der Waals surface area contributed by atoms with Crippen LogP contribution in [0.1, 0.15) is 11.1 Å². The lowest BCUT2D eigenvalue weighted by Crippen LogP contribution is -2.34.